The number of benzene rings is 1. The summed E-state index contributed by atoms with van der Waals surface area (Å²) in [5.41, 5.74) is 2.61. The second-order valence-electron chi connectivity index (χ2n) is 6.79. The van der Waals surface area contributed by atoms with E-state index in [1.807, 2.05) is 57.0 Å². The fraction of sp³-hybridized carbons (Fsp3) is 0.450. The summed E-state index contributed by atoms with van der Waals surface area (Å²) in [6.07, 6.45) is 2.51. The van der Waals surface area contributed by atoms with Gasteiger partial charge in [-0.05, 0) is 40.2 Å². The number of rotatable bonds is 6. The number of aromatic nitrogens is 2. The van der Waals surface area contributed by atoms with Crippen LogP contribution in [0.4, 0.5) is 5.82 Å². The Balaban J connectivity index is 2.48. The maximum Gasteiger partial charge on any atom is 0.256 e. The van der Waals surface area contributed by atoms with Gasteiger partial charge in [0.05, 0.1) is 0 Å². The van der Waals surface area contributed by atoms with Crippen molar-refractivity contribution in [2.45, 2.75) is 53.1 Å². The first-order valence-corrected chi connectivity index (χ1v) is 8.81. The van der Waals surface area contributed by atoms with Crippen LogP contribution in [0.3, 0.4) is 0 Å². The lowest BCUT2D eigenvalue weighted by Gasteiger charge is -2.25. The van der Waals surface area contributed by atoms with E-state index in [2.05, 4.69) is 24.1 Å². The molecular weight excluding hydrogens is 312 g/mol. The van der Waals surface area contributed by atoms with E-state index < -0.39 is 0 Å². The van der Waals surface area contributed by atoms with E-state index in [1.54, 1.807) is 6.20 Å². The number of anilines is 1. The number of nitrogens with one attached hydrogen (secondary N) is 1. The Kier molecular flexibility index (Phi) is 6.12. The lowest BCUT2D eigenvalue weighted by molar-refractivity contribution is 0.0939. The summed E-state index contributed by atoms with van der Waals surface area (Å²) in [5.74, 6) is 1.15. The van der Waals surface area contributed by atoms with Crippen LogP contribution in [0.2, 0.25) is 0 Å². The van der Waals surface area contributed by atoms with Gasteiger partial charge in [0.1, 0.15) is 11.4 Å². The van der Waals surface area contributed by atoms with Crippen LogP contribution >= 0.6 is 0 Å². The van der Waals surface area contributed by atoms with Crippen molar-refractivity contribution < 1.29 is 4.79 Å². The van der Waals surface area contributed by atoms with Gasteiger partial charge in [0.15, 0.2) is 5.82 Å². The monoisotopic (exact) mass is 340 g/mol. The van der Waals surface area contributed by atoms with E-state index in [0.29, 0.717) is 17.2 Å². The van der Waals surface area contributed by atoms with Gasteiger partial charge in [-0.15, -0.1) is 0 Å². The van der Waals surface area contributed by atoms with Crippen LogP contribution in [-0.2, 0) is 0 Å². The molecule has 0 aliphatic heterocycles. The first kappa shape index (κ1) is 18.9. The zero-order chi connectivity index (χ0) is 18.6. The fourth-order valence-electron chi connectivity index (χ4n) is 2.37. The summed E-state index contributed by atoms with van der Waals surface area (Å²) in [6.45, 7) is 10.2. The Bertz CT molecular complexity index is 742. The molecule has 0 aliphatic carbocycles. The molecule has 1 aromatic heterocycles. The molecule has 134 valence electrons. The molecule has 0 radical (unpaired) electrons. The molecule has 2 rings (SSSR count). The number of carbonyl (C=O) groups is 1. The maximum atomic E-state index is 12.6. The quantitative estimate of drug-likeness (QED) is 0.868. The first-order chi connectivity index (χ1) is 11.8. The molecule has 1 N–H and O–H groups in total. The average molecular weight is 340 g/mol. The highest BCUT2D eigenvalue weighted by Crippen LogP contribution is 2.23. The topological polar surface area (TPSA) is 58.1 Å². The van der Waals surface area contributed by atoms with E-state index in [4.69, 9.17) is 4.98 Å². The number of amides is 1. The van der Waals surface area contributed by atoms with E-state index in [-0.39, 0.29) is 18.0 Å². The van der Waals surface area contributed by atoms with Crippen LogP contribution in [0.5, 0.6) is 0 Å². The second kappa shape index (κ2) is 8.10. The summed E-state index contributed by atoms with van der Waals surface area (Å²) in [6, 6.07) is 8.40. The molecule has 0 spiro atoms. The molecule has 1 aromatic carbocycles. The standard InChI is InChI=1S/C20H28N4O/c1-7-15(5)22-20(25)17-12-21-18(16-10-8-9-14(4)11-16)23-19(17)24(6)13(2)3/h8-13,15H,7H2,1-6H3,(H,22,25)/t15-/m1/s1. The predicted octanol–water partition coefficient (Wildman–Crippen LogP) is 3.82. The molecule has 0 bridgehead atoms. The Labute approximate surface area is 150 Å². The third-order valence-electron chi connectivity index (χ3n) is 4.39. The molecular formula is C20H28N4O. The van der Waals surface area contributed by atoms with Crippen LogP contribution in [0, 0.1) is 6.92 Å². The Hall–Kier alpha value is -2.43. The highest BCUT2D eigenvalue weighted by atomic mass is 16.1. The van der Waals surface area contributed by atoms with Gasteiger partial charge in [-0.1, -0.05) is 30.7 Å². The SMILES string of the molecule is CC[C@@H](C)NC(=O)c1cnc(-c2cccc(C)c2)nc1N(C)C(C)C. The second-order valence-corrected chi connectivity index (χ2v) is 6.79. The molecule has 1 heterocycles. The highest BCUT2D eigenvalue weighted by Gasteiger charge is 2.20. The number of hydrogen-bond donors (Lipinski definition) is 1. The zero-order valence-corrected chi connectivity index (χ0v) is 16.0. The first-order valence-electron chi connectivity index (χ1n) is 8.81. The molecule has 0 saturated carbocycles. The zero-order valence-electron chi connectivity index (χ0n) is 16.0. The molecule has 1 atom stereocenters. The van der Waals surface area contributed by atoms with Crippen molar-refractivity contribution in [1.29, 1.82) is 0 Å². The smallest absolute Gasteiger partial charge is 0.256 e. The normalized spacial score (nSPS) is 12.1. The van der Waals surface area contributed by atoms with Crippen molar-refractivity contribution in [1.82, 2.24) is 15.3 Å². The summed E-state index contributed by atoms with van der Waals surface area (Å²) in [7, 11) is 1.95. The lowest BCUT2D eigenvalue weighted by Crippen LogP contribution is -2.35. The van der Waals surface area contributed by atoms with E-state index in [9.17, 15) is 4.79 Å². The summed E-state index contributed by atoms with van der Waals surface area (Å²) in [4.78, 5) is 23.8. The summed E-state index contributed by atoms with van der Waals surface area (Å²) in [5, 5.41) is 3.00. The van der Waals surface area contributed by atoms with E-state index in [0.717, 1.165) is 17.5 Å². The van der Waals surface area contributed by atoms with Crippen molar-refractivity contribution in [3.8, 4) is 11.4 Å². The maximum absolute atomic E-state index is 12.6. The van der Waals surface area contributed by atoms with Gasteiger partial charge in [0.25, 0.3) is 5.91 Å². The minimum Gasteiger partial charge on any atom is -0.356 e. The molecule has 5 nitrogen and oxygen atoms in total. The van der Waals surface area contributed by atoms with Crippen molar-refractivity contribution in [3.05, 3.63) is 41.6 Å². The van der Waals surface area contributed by atoms with Crippen molar-refractivity contribution in [2.75, 3.05) is 11.9 Å². The van der Waals surface area contributed by atoms with Crippen LogP contribution in [0.15, 0.2) is 30.5 Å². The Morgan fingerprint density at radius 3 is 2.60 bits per heavy atom. The lowest BCUT2D eigenvalue weighted by atomic mass is 10.1. The number of aryl methyl sites for hydroxylation is 1. The van der Waals surface area contributed by atoms with Crippen LogP contribution in [0.25, 0.3) is 11.4 Å². The minimum atomic E-state index is -0.132. The van der Waals surface area contributed by atoms with Gasteiger partial charge in [0, 0.05) is 30.9 Å². The average Bonchev–Trinajstić information content (AvgIpc) is 2.60. The molecule has 1 amide bonds. The molecule has 2 aromatic rings. The highest BCUT2D eigenvalue weighted by molar-refractivity contribution is 5.99. The van der Waals surface area contributed by atoms with Gasteiger partial charge >= 0.3 is 0 Å². The fourth-order valence-corrected chi connectivity index (χ4v) is 2.37. The van der Waals surface area contributed by atoms with Crippen molar-refractivity contribution in [3.63, 3.8) is 0 Å². The molecule has 25 heavy (non-hydrogen) atoms. The van der Waals surface area contributed by atoms with Crippen molar-refractivity contribution in [2.24, 2.45) is 0 Å². The number of nitrogens with zero attached hydrogens (tertiary/aromatic N) is 3. The molecule has 0 unspecified atom stereocenters. The Morgan fingerprint density at radius 2 is 2.00 bits per heavy atom. The number of carbonyl (C=O) groups excluding carboxylic acids is 1. The molecule has 5 heteroatoms. The van der Waals surface area contributed by atoms with Crippen LogP contribution in [0.1, 0.15) is 50.0 Å². The largest absolute Gasteiger partial charge is 0.356 e. The van der Waals surface area contributed by atoms with Crippen LogP contribution < -0.4 is 10.2 Å². The van der Waals surface area contributed by atoms with E-state index in [1.165, 1.54) is 0 Å². The van der Waals surface area contributed by atoms with Gasteiger partial charge in [-0.2, -0.15) is 0 Å². The molecule has 0 fully saturated rings. The van der Waals surface area contributed by atoms with E-state index >= 15 is 0 Å². The molecule has 0 saturated heterocycles. The summed E-state index contributed by atoms with van der Waals surface area (Å²) < 4.78 is 0. The predicted molar refractivity (Wildman–Crippen MR) is 103 cm³/mol. The number of hydrogen-bond acceptors (Lipinski definition) is 4. The van der Waals surface area contributed by atoms with Gasteiger partial charge in [-0.25, -0.2) is 9.97 Å². The van der Waals surface area contributed by atoms with Crippen LogP contribution in [-0.4, -0.2) is 35.0 Å². The minimum absolute atomic E-state index is 0.112. The molecule has 0 aliphatic rings. The van der Waals surface area contributed by atoms with Crippen molar-refractivity contribution >= 4 is 11.7 Å². The van der Waals surface area contributed by atoms with Gasteiger partial charge in [0.2, 0.25) is 0 Å². The Morgan fingerprint density at radius 1 is 1.28 bits per heavy atom. The van der Waals surface area contributed by atoms with Gasteiger partial charge < -0.3 is 10.2 Å². The third-order valence-corrected chi connectivity index (χ3v) is 4.39. The van der Waals surface area contributed by atoms with Gasteiger partial charge in [-0.3, -0.25) is 4.79 Å². The third kappa shape index (κ3) is 4.56. The summed E-state index contributed by atoms with van der Waals surface area (Å²) >= 11 is 0.